The van der Waals surface area contributed by atoms with E-state index >= 15 is 0 Å². The lowest BCUT2D eigenvalue weighted by Crippen LogP contribution is -2.11. The van der Waals surface area contributed by atoms with E-state index in [2.05, 4.69) is 48.7 Å². The second kappa shape index (κ2) is 17.8. The molecule has 4 nitrogen and oxygen atoms in total. The Balaban J connectivity index is 1.67. The summed E-state index contributed by atoms with van der Waals surface area (Å²) < 4.78 is 0. The fourth-order valence-electron chi connectivity index (χ4n) is 4.23. The first-order valence-corrected chi connectivity index (χ1v) is 13.9. The average Bonchev–Trinajstić information content (AvgIpc) is 2.86. The molecule has 0 fully saturated rings. The van der Waals surface area contributed by atoms with Gasteiger partial charge in [-0.3, -0.25) is 9.59 Å². The fraction of sp³-hybridized carbons (Fsp3) is 0.548. The van der Waals surface area contributed by atoms with E-state index in [1.54, 1.807) is 0 Å². The predicted octanol–water partition coefficient (Wildman–Crippen LogP) is 8.66. The van der Waals surface area contributed by atoms with Crippen LogP contribution >= 0.6 is 0 Å². The Morgan fingerprint density at radius 2 is 0.857 bits per heavy atom. The number of amides is 2. The predicted molar refractivity (Wildman–Crippen MR) is 149 cm³/mol. The van der Waals surface area contributed by atoms with E-state index in [0.717, 1.165) is 43.5 Å². The molecule has 4 heteroatoms. The van der Waals surface area contributed by atoms with Crippen molar-refractivity contribution in [2.75, 3.05) is 10.6 Å². The van der Waals surface area contributed by atoms with Crippen molar-refractivity contribution in [3.8, 4) is 0 Å². The quantitative estimate of drug-likeness (QED) is 0.211. The zero-order chi connectivity index (χ0) is 25.1. The third-order valence-electron chi connectivity index (χ3n) is 6.40. The maximum absolute atomic E-state index is 12.2. The first-order chi connectivity index (χ1) is 17.1. The maximum atomic E-state index is 12.2. The summed E-state index contributed by atoms with van der Waals surface area (Å²) in [5.41, 5.74) is 4.10. The summed E-state index contributed by atoms with van der Waals surface area (Å²) in [6.45, 7) is 4.43. The van der Waals surface area contributed by atoms with Crippen molar-refractivity contribution in [3.63, 3.8) is 0 Å². The van der Waals surface area contributed by atoms with Gasteiger partial charge in [0.05, 0.1) is 0 Å². The van der Waals surface area contributed by atoms with Crippen molar-refractivity contribution in [1.82, 2.24) is 0 Å². The molecule has 0 bridgehead atoms. The van der Waals surface area contributed by atoms with Gasteiger partial charge in [-0.1, -0.05) is 102 Å². The largest absolute Gasteiger partial charge is 0.326 e. The van der Waals surface area contributed by atoms with Crippen molar-refractivity contribution < 1.29 is 9.59 Å². The first kappa shape index (κ1) is 28.6. The minimum atomic E-state index is 0.0994. The highest BCUT2D eigenvalue weighted by molar-refractivity contribution is 5.91. The van der Waals surface area contributed by atoms with E-state index in [-0.39, 0.29) is 11.8 Å². The summed E-state index contributed by atoms with van der Waals surface area (Å²) in [6, 6.07) is 16.2. The van der Waals surface area contributed by atoms with Gasteiger partial charge in [-0.05, 0) is 54.7 Å². The Bertz CT molecular complexity index is 772. The molecule has 2 amide bonds. The summed E-state index contributed by atoms with van der Waals surface area (Å²) in [5.74, 6) is 0.199. The molecule has 0 saturated carbocycles. The third kappa shape index (κ3) is 13.2. The molecule has 0 spiro atoms. The molecule has 0 radical (unpaired) electrons. The molecule has 0 heterocycles. The number of carbonyl (C=O) groups is 2. The Labute approximate surface area is 213 Å². The van der Waals surface area contributed by atoms with Crippen LogP contribution in [0.4, 0.5) is 11.4 Å². The van der Waals surface area contributed by atoms with Gasteiger partial charge < -0.3 is 10.6 Å². The number of benzene rings is 2. The summed E-state index contributed by atoms with van der Waals surface area (Å²) in [6.07, 6.45) is 16.3. The number of anilines is 2. The molecule has 2 N–H and O–H groups in total. The normalized spacial score (nSPS) is 10.8. The molecule has 192 valence electrons. The third-order valence-corrected chi connectivity index (χ3v) is 6.40. The van der Waals surface area contributed by atoms with Gasteiger partial charge in [0.15, 0.2) is 0 Å². The number of hydrogen-bond donors (Lipinski definition) is 2. The van der Waals surface area contributed by atoms with Crippen LogP contribution in [0.5, 0.6) is 0 Å². The number of hydrogen-bond acceptors (Lipinski definition) is 2. The van der Waals surface area contributed by atoms with Gasteiger partial charge in [0.25, 0.3) is 0 Å². The van der Waals surface area contributed by atoms with Crippen LogP contribution in [0.25, 0.3) is 0 Å². The summed E-state index contributed by atoms with van der Waals surface area (Å²) in [7, 11) is 0. The van der Waals surface area contributed by atoms with E-state index in [1.165, 1.54) is 62.5 Å². The van der Waals surface area contributed by atoms with E-state index in [0.29, 0.717) is 12.8 Å². The van der Waals surface area contributed by atoms with Gasteiger partial charge in [-0.2, -0.15) is 0 Å². The minimum absolute atomic E-state index is 0.0994. The molecule has 35 heavy (non-hydrogen) atoms. The Morgan fingerprint density at radius 1 is 0.514 bits per heavy atom. The van der Waals surface area contributed by atoms with Gasteiger partial charge in [-0.15, -0.1) is 0 Å². The molecule has 2 aromatic carbocycles. The van der Waals surface area contributed by atoms with Gasteiger partial charge in [0.1, 0.15) is 0 Å². The maximum Gasteiger partial charge on any atom is 0.224 e. The molecule has 0 aliphatic rings. The SMILES string of the molecule is CCCCCCCCC(=O)Nc1ccc(Cc2ccc(NC(=O)CCCCCCCC)cc2)cc1. The number of rotatable bonds is 18. The zero-order valence-electron chi connectivity index (χ0n) is 22.0. The van der Waals surface area contributed by atoms with Crippen LogP contribution in [0.1, 0.15) is 115 Å². The summed E-state index contributed by atoms with van der Waals surface area (Å²) >= 11 is 0. The molecule has 0 atom stereocenters. The van der Waals surface area contributed by atoms with Crippen LogP contribution in [0, 0.1) is 0 Å². The average molecular weight is 479 g/mol. The van der Waals surface area contributed by atoms with Crippen molar-refractivity contribution >= 4 is 23.2 Å². The molecule has 0 unspecified atom stereocenters. The Kier molecular flexibility index (Phi) is 14.5. The molecule has 2 rings (SSSR count). The zero-order valence-corrected chi connectivity index (χ0v) is 22.0. The number of unbranched alkanes of at least 4 members (excludes halogenated alkanes) is 10. The van der Waals surface area contributed by atoms with Crippen LogP contribution in [0.15, 0.2) is 48.5 Å². The topological polar surface area (TPSA) is 58.2 Å². The summed E-state index contributed by atoms with van der Waals surface area (Å²) in [5, 5.41) is 6.02. The molecule has 0 aliphatic carbocycles. The van der Waals surface area contributed by atoms with Gasteiger partial charge >= 0.3 is 0 Å². The van der Waals surface area contributed by atoms with Crippen molar-refractivity contribution in [1.29, 1.82) is 0 Å². The van der Waals surface area contributed by atoms with E-state index in [9.17, 15) is 9.59 Å². The van der Waals surface area contributed by atoms with Crippen molar-refractivity contribution in [3.05, 3.63) is 59.7 Å². The fourth-order valence-corrected chi connectivity index (χ4v) is 4.23. The highest BCUT2D eigenvalue weighted by Gasteiger charge is 2.05. The highest BCUT2D eigenvalue weighted by Crippen LogP contribution is 2.17. The molecule has 2 aromatic rings. The standard InChI is InChI=1S/C31H46N2O2/c1-3-5-7-9-11-13-15-30(34)32-28-21-17-26(18-22-28)25-27-19-23-29(24-20-27)33-31(35)16-14-12-10-8-6-4-2/h17-24H,3-16,25H2,1-2H3,(H,32,34)(H,33,35). The van der Waals surface area contributed by atoms with Gasteiger partial charge in [-0.25, -0.2) is 0 Å². The second-order valence-electron chi connectivity index (χ2n) is 9.70. The van der Waals surface area contributed by atoms with Crippen LogP contribution < -0.4 is 10.6 Å². The van der Waals surface area contributed by atoms with Crippen molar-refractivity contribution in [2.45, 2.75) is 110 Å². The molecular weight excluding hydrogens is 432 g/mol. The van der Waals surface area contributed by atoms with E-state index in [4.69, 9.17) is 0 Å². The lowest BCUT2D eigenvalue weighted by Gasteiger charge is -2.09. The van der Waals surface area contributed by atoms with Crippen LogP contribution in [0.3, 0.4) is 0 Å². The van der Waals surface area contributed by atoms with Crippen LogP contribution in [0.2, 0.25) is 0 Å². The van der Waals surface area contributed by atoms with E-state index in [1.807, 2.05) is 24.3 Å². The Hall–Kier alpha value is -2.62. The number of nitrogens with one attached hydrogen (secondary N) is 2. The smallest absolute Gasteiger partial charge is 0.224 e. The Morgan fingerprint density at radius 3 is 1.23 bits per heavy atom. The number of carbonyl (C=O) groups excluding carboxylic acids is 2. The molecule has 0 aromatic heterocycles. The minimum Gasteiger partial charge on any atom is -0.326 e. The van der Waals surface area contributed by atoms with Gasteiger partial charge in [0, 0.05) is 24.2 Å². The summed E-state index contributed by atoms with van der Waals surface area (Å²) in [4.78, 5) is 24.3. The molecular formula is C31H46N2O2. The highest BCUT2D eigenvalue weighted by atomic mass is 16.2. The molecule has 0 saturated heterocycles. The van der Waals surface area contributed by atoms with Crippen molar-refractivity contribution in [2.24, 2.45) is 0 Å². The van der Waals surface area contributed by atoms with E-state index < -0.39 is 0 Å². The first-order valence-electron chi connectivity index (χ1n) is 13.9. The van der Waals surface area contributed by atoms with Crippen LogP contribution in [-0.4, -0.2) is 11.8 Å². The second-order valence-corrected chi connectivity index (χ2v) is 9.70. The lowest BCUT2D eigenvalue weighted by molar-refractivity contribution is -0.117. The monoisotopic (exact) mass is 478 g/mol. The lowest BCUT2D eigenvalue weighted by atomic mass is 10.0. The van der Waals surface area contributed by atoms with Crippen LogP contribution in [-0.2, 0) is 16.0 Å². The molecule has 0 aliphatic heterocycles. The van der Waals surface area contributed by atoms with Gasteiger partial charge in [0.2, 0.25) is 11.8 Å².